The van der Waals surface area contributed by atoms with Crippen LogP contribution >= 0.6 is 0 Å². The van der Waals surface area contributed by atoms with Crippen LogP contribution in [0, 0.1) is 0 Å². The highest BCUT2D eigenvalue weighted by Crippen LogP contribution is 2.14. The summed E-state index contributed by atoms with van der Waals surface area (Å²) in [5, 5.41) is 8.57. The lowest BCUT2D eigenvalue weighted by atomic mass is 10.2. The predicted molar refractivity (Wildman–Crippen MR) is 47.0 cm³/mol. The van der Waals surface area contributed by atoms with E-state index in [0.717, 1.165) is 6.42 Å². The van der Waals surface area contributed by atoms with Gasteiger partial charge < -0.3 is 5.11 Å². The normalized spacial score (nSPS) is 20.7. The van der Waals surface area contributed by atoms with Crippen LogP contribution in [0.2, 0.25) is 0 Å². The van der Waals surface area contributed by atoms with Crippen LogP contribution in [0.1, 0.15) is 20.3 Å². The van der Waals surface area contributed by atoms with Crippen LogP contribution in [0.5, 0.6) is 0 Å². The van der Waals surface area contributed by atoms with Crippen LogP contribution in [0.25, 0.3) is 0 Å². The van der Waals surface area contributed by atoms with Crippen molar-refractivity contribution in [3.63, 3.8) is 0 Å². The number of hydrogen-bond donors (Lipinski definition) is 1. The minimum atomic E-state index is -0.812. The first kappa shape index (κ1) is 9.26. The van der Waals surface area contributed by atoms with Crippen LogP contribution in [-0.2, 0) is 4.79 Å². The molecule has 0 amide bonds. The first-order chi connectivity index (χ1) is 5.61. The lowest BCUT2D eigenvalue weighted by Gasteiger charge is -2.08. The molecule has 1 saturated heterocycles. The summed E-state index contributed by atoms with van der Waals surface area (Å²) in [5.74, 6) is -0.812. The fourth-order valence-electron chi connectivity index (χ4n) is 1.08. The molecule has 1 heterocycles. The van der Waals surface area contributed by atoms with Gasteiger partial charge in [0.2, 0.25) is 0 Å². The van der Waals surface area contributed by atoms with Gasteiger partial charge in [-0.05, 0) is 20.3 Å². The molecule has 1 rings (SSSR count). The van der Waals surface area contributed by atoms with Crippen LogP contribution in [0.3, 0.4) is 0 Å². The smallest absolute Gasteiger partial charge is 0.330 e. The minimum absolute atomic E-state index is 0.448. The monoisotopic (exact) mass is 169 g/mol. The van der Waals surface area contributed by atoms with E-state index in [1.165, 1.54) is 13.1 Å². The van der Waals surface area contributed by atoms with Gasteiger partial charge in [0, 0.05) is 24.7 Å². The maximum Gasteiger partial charge on any atom is 0.330 e. The standard InChI is InChI=1S/C9H15NO2/c1-7(9(11)12)3-4-8(2)10-5-6-10/h3,8H,4-6H2,1-2H3,(H,11,12). The number of carbonyl (C=O) groups is 1. The summed E-state index contributed by atoms with van der Waals surface area (Å²) >= 11 is 0. The fraction of sp³-hybridized carbons (Fsp3) is 0.667. The van der Waals surface area contributed by atoms with Gasteiger partial charge in [0.05, 0.1) is 0 Å². The lowest BCUT2D eigenvalue weighted by Crippen LogP contribution is -2.13. The van der Waals surface area contributed by atoms with Crippen molar-refractivity contribution >= 4 is 5.97 Å². The van der Waals surface area contributed by atoms with Crippen molar-refractivity contribution in [3.8, 4) is 0 Å². The van der Waals surface area contributed by atoms with E-state index in [0.29, 0.717) is 11.6 Å². The highest BCUT2D eigenvalue weighted by atomic mass is 16.4. The third-order valence-electron chi connectivity index (χ3n) is 2.21. The SMILES string of the molecule is CC(=CCC(C)N1CC1)C(=O)O. The molecule has 0 aliphatic carbocycles. The number of rotatable bonds is 4. The molecule has 68 valence electrons. The zero-order chi connectivity index (χ0) is 9.14. The topological polar surface area (TPSA) is 40.3 Å². The van der Waals surface area contributed by atoms with E-state index in [2.05, 4.69) is 11.8 Å². The van der Waals surface area contributed by atoms with Crippen molar-refractivity contribution < 1.29 is 9.90 Å². The maximum atomic E-state index is 10.4. The van der Waals surface area contributed by atoms with Crippen molar-refractivity contribution in [1.29, 1.82) is 0 Å². The molecule has 1 unspecified atom stereocenters. The summed E-state index contributed by atoms with van der Waals surface area (Å²) < 4.78 is 0. The first-order valence-corrected chi connectivity index (χ1v) is 4.25. The van der Waals surface area contributed by atoms with Gasteiger partial charge in [0.25, 0.3) is 0 Å². The molecule has 12 heavy (non-hydrogen) atoms. The summed E-state index contributed by atoms with van der Waals surface area (Å²) in [4.78, 5) is 12.7. The number of aliphatic carboxylic acids is 1. The summed E-state index contributed by atoms with van der Waals surface area (Å²) in [5.41, 5.74) is 0.448. The zero-order valence-electron chi connectivity index (χ0n) is 7.58. The second-order valence-electron chi connectivity index (χ2n) is 3.31. The van der Waals surface area contributed by atoms with Crippen molar-refractivity contribution in [2.75, 3.05) is 13.1 Å². The molecular formula is C9H15NO2. The second kappa shape index (κ2) is 3.72. The number of carboxylic acid groups (broad SMARTS) is 1. The van der Waals surface area contributed by atoms with Gasteiger partial charge in [-0.25, -0.2) is 4.79 Å². The van der Waals surface area contributed by atoms with E-state index < -0.39 is 5.97 Å². The molecule has 3 heteroatoms. The molecule has 0 spiro atoms. The van der Waals surface area contributed by atoms with Crippen LogP contribution in [0.4, 0.5) is 0 Å². The van der Waals surface area contributed by atoms with E-state index >= 15 is 0 Å². The molecule has 0 radical (unpaired) electrons. The molecule has 1 fully saturated rings. The quantitative estimate of drug-likeness (QED) is 0.506. The van der Waals surface area contributed by atoms with E-state index in [-0.39, 0.29) is 0 Å². The Morgan fingerprint density at radius 2 is 2.25 bits per heavy atom. The molecule has 0 bridgehead atoms. The summed E-state index contributed by atoms with van der Waals surface area (Å²) in [6.07, 6.45) is 2.64. The molecule has 3 nitrogen and oxygen atoms in total. The van der Waals surface area contributed by atoms with Gasteiger partial charge in [-0.2, -0.15) is 0 Å². The Morgan fingerprint density at radius 3 is 2.67 bits per heavy atom. The van der Waals surface area contributed by atoms with Crippen molar-refractivity contribution in [3.05, 3.63) is 11.6 Å². The Balaban J connectivity index is 2.30. The molecule has 1 aliphatic rings. The van der Waals surface area contributed by atoms with E-state index in [1.807, 2.05) is 0 Å². The molecular weight excluding hydrogens is 154 g/mol. The molecule has 0 aromatic heterocycles. The third kappa shape index (κ3) is 2.66. The van der Waals surface area contributed by atoms with Crippen molar-refractivity contribution in [2.45, 2.75) is 26.3 Å². The Kier molecular flexibility index (Phi) is 2.87. The lowest BCUT2D eigenvalue weighted by molar-refractivity contribution is -0.132. The zero-order valence-corrected chi connectivity index (χ0v) is 7.58. The fourth-order valence-corrected chi connectivity index (χ4v) is 1.08. The predicted octanol–water partition coefficient (Wildman–Crippen LogP) is 1.11. The minimum Gasteiger partial charge on any atom is -0.478 e. The van der Waals surface area contributed by atoms with E-state index in [9.17, 15) is 4.79 Å². The summed E-state index contributed by atoms with van der Waals surface area (Å²) in [6.45, 7) is 6.10. The maximum absolute atomic E-state index is 10.4. The first-order valence-electron chi connectivity index (χ1n) is 4.25. The molecule has 1 N–H and O–H groups in total. The van der Waals surface area contributed by atoms with Crippen molar-refractivity contribution in [2.24, 2.45) is 0 Å². The van der Waals surface area contributed by atoms with E-state index in [4.69, 9.17) is 5.11 Å². The van der Waals surface area contributed by atoms with Gasteiger partial charge in [0.15, 0.2) is 0 Å². The Labute approximate surface area is 72.7 Å². The van der Waals surface area contributed by atoms with Crippen LogP contribution in [0.15, 0.2) is 11.6 Å². The highest BCUT2D eigenvalue weighted by molar-refractivity contribution is 5.85. The molecule has 0 aromatic rings. The van der Waals surface area contributed by atoms with Gasteiger partial charge in [-0.1, -0.05) is 6.08 Å². The van der Waals surface area contributed by atoms with Crippen LogP contribution in [-0.4, -0.2) is 35.1 Å². The second-order valence-corrected chi connectivity index (χ2v) is 3.31. The number of hydrogen-bond acceptors (Lipinski definition) is 2. The van der Waals surface area contributed by atoms with Gasteiger partial charge in [-0.15, -0.1) is 0 Å². The number of carboxylic acids is 1. The molecule has 1 atom stereocenters. The number of nitrogens with zero attached hydrogens (tertiary/aromatic N) is 1. The summed E-state index contributed by atoms with van der Waals surface area (Å²) in [6, 6.07) is 0.499. The largest absolute Gasteiger partial charge is 0.478 e. The van der Waals surface area contributed by atoms with Gasteiger partial charge in [-0.3, -0.25) is 4.90 Å². The molecule has 1 aliphatic heterocycles. The van der Waals surface area contributed by atoms with Gasteiger partial charge >= 0.3 is 5.97 Å². The highest BCUT2D eigenvalue weighted by Gasteiger charge is 2.22. The van der Waals surface area contributed by atoms with E-state index in [1.54, 1.807) is 13.0 Å². The summed E-state index contributed by atoms with van der Waals surface area (Å²) in [7, 11) is 0. The average Bonchev–Trinajstić information content (AvgIpc) is 2.81. The molecule has 0 aromatic carbocycles. The van der Waals surface area contributed by atoms with Crippen molar-refractivity contribution in [1.82, 2.24) is 4.90 Å². The Bertz CT molecular complexity index is 207. The Morgan fingerprint density at radius 1 is 1.67 bits per heavy atom. The Hall–Kier alpha value is -0.830. The molecule has 0 saturated carbocycles. The average molecular weight is 169 g/mol. The third-order valence-corrected chi connectivity index (χ3v) is 2.21. The van der Waals surface area contributed by atoms with Crippen LogP contribution < -0.4 is 0 Å². The van der Waals surface area contributed by atoms with Gasteiger partial charge in [0.1, 0.15) is 0 Å².